The standard InChI is InChI=1S/C13H8Cl3N3O4/c14-7-2-4-9(12(16)11(7)15)18-13(21)17-8-3-1-6(19(22)23)5-10(8)20/h1-5,20H,(H2,17,18,21). The van der Waals surface area contributed by atoms with Crippen LogP contribution in [-0.4, -0.2) is 16.1 Å². The number of nitrogens with zero attached hydrogens (tertiary/aromatic N) is 1. The molecule has 0 bridgehead atoms. The number of anilines is 2. The minimum Gasteiger partial charge on any atom is -0.506 e. The fraction of sp³-hybridized carbons (Fsp3) is 0. The van der Waals surface area contributed by atoms with Crippen LogP contribution < -0.4 is 10.6 Å². The lowest BCUT2D eigenvalue weighted by Crippen LogP contribution is -2.19. The predicted molar refractivity (Wildman–Crippen MR) is 88.9 cm³/mol. The van der Waals surface area contributed by atoms with E-state index in [1.165, 1.54) is 18.2 Å². The molecule has 0 heterocycles. The van der Waals surface area contributed by atoms with Crippen molar-refractivity contribution in [1.82, 2.24) is 0 Å². The Bertz CT molecular complexity index is 798. The van der Waals surface area contributed by atoms with E-state index in [0.717, 1.165) is 12.1 Å². The number of rotatable bonds is 3. The number of nitro groups is 1. The van der Waals surface area contributed by atoms with Crippen molar-refractivity contribution in [3.63, 3.8) is 0 Å². The summed E-state index contributed by atoms with van der Waals surface area (Å²) >= 11 is 17.6. The molecule has 120 valence electrons. The Morgan fingerprint density at radius 3 is 2.26 bits per heavy atom. The van der Waals surface area contributed by atoms with Crippen molar-refractivity contribution in [2.75, 3.05) is 10.6 Å². The Labute approximate surface area is 144 Å². The summed E-state index contributed by atoms with van der Waals surface area (Å²) in [5.74, 6) is -0.449. The summed E-state index contributed by atoms with van der Waals surface area (Å²) in [4.78, 5) is 21.8. The Kier molecular flexibility index (Phi) is 5.15. The second-order valence-electron chi connectivity index (χ2n) is 4.26. The van der Waals surface area contributed by atoms with Crippen LogP contribution >= 0.6 is 34.8 Å². The Morgan fingerprint density at radius 2 is 1.65 bits per heavy atom. The molecule has 10 heteroatoms. The van der Waals surface area contributed by atoms with Gasteiger partial charge in [0, 0.05) is 6.07 Å². The quantitative estimate of drug-likeness (QED) is 0.306. The number of non-ortho nitro benzene ring substituents is 1. The van der Waals surface area contributed by atoms with Crippen LogP contribution in [0.1, 0.15) is 0 Å². The molecule has 0 aliphatic rings. The minimum absolute atomic E-state index is 0.00992. The summed E-state index contributed by atoms with van der Waals surface area (Å²) in [5.41, 5.74) is -0.106. The fourth-order valence-electron chi connectivity index (χ4n) is 1.64. The molecule has 2 amide bonds. The highest BCUT2D eigenvalue weighted by Crippen LogP contribution is 2.36. The van der Waals surface area contributed by atoms with E-state index in [9.17, 15) is 20.0 Å². The van der Waals surface area contributed by atoms with Gasteiger partial charge >= 0.3 is 6.03 Å². The van der Waals surface area contributed by atoms with E-state index in [1.807, 2.05) is 0 Å². The Morgan fingerprint density at radius 1 is 1.04 bits per heavy atom. The van der Waals surface area contributed by atoms with Crippen molar-refractivity contribution < 1.29 is 14.8 Å². The number of nitrogens with one attached hydrogen (secondary N) is 2. The number of halogens is 3. The lowest BCUT2D eigenvalue weighted by atomic mass is 10.2. The van der Waals surface area contributed by atoms with E-state index in [1.54, 1.807) is 0 Å². The summed E-state index contributed by atoms with van der Waals surface area (Å²) in [6, 6.07) is 5.43. The number of carbonyl (C=O) groups excluding carboxylic acids is 1. The highest BCUT2D eigenvalue weighted by Gasteiger charge is 2.14. The first kappa shape index (κ1) is 17.1. The van der Waals surface area contributed by atoms with Gasteiger partial charge in [0.25, 0.3) is 5.69 Å². The largest absolute Gasteiger partial charge is 0.506 e. The number of benzene rings is 2. The van der Waals surface area contributed by atoms with Crippen molar-refractivity contribution in [2.45, 2.75) is 0 Å². The zero-order valence-corrected chi connectivity index (χ0v) is 13.4. The normalized spacial score (nSPS) is 10.2. The van der Waals surface area contributed by atoms with Crippen molar-refractivity contribution in [2.24, 2.45) is 0 Å². The van der Waals surface area contributed by atoms with Gasteiger partial charge < -0.3 is 15.7 Å². The molecule has 0 atom stereocenters. The van der Waals surface area contributed by atoms with E-state index in [2.05, 4.69) is 10.6 Å². The fourth-order valence-corrected chi connectivity index (χ4v) is 2.22. The first-order chi connectivity index (χ1) is 10.8. The zero-order valence-electron chi connectivity index (χ0n) is 11.1. The maximum absolute atomic E-state index is 11.9. The molecule has 0 saturated heterocycles. The monoisotopic (exact) mass is 375 g/mol. The van der Waals surface area contributed by atoms with Crippen molar-refractivity contribution >= 4 is 57.9 Å². The molecule has 3 N–H and O–H groups in total. The molecular weight excluding hydrogens is 369 g/mol. The van der Waals surface area contributed by atoms with E-state index in [-0.39, 0.29) is 32.1 Å². The van der Waals surface area contributed by atoms with Crippen LogP contribution in [0.3, 0.4) is 0 Å². The van der Waals surface area contributed by atoms with Crippen molar-refractivity contribution in [1.29, 1.82) is 0 Å². The van der Waals surface area contributed by atoms with Crippen LogP contribution in [0, 0.1) is 10.1 Å². The molecule has 0 radical (unpaired) electrons. The van der Waals surface area contributed by atoms with Gasteiger partial charge in [0.05, 0.1) is 37.4 Å². The zero-order chi connectivity index (χ0) is 17.1. The maximum Gasteiger partial charge on any atom is 0.323 e. The SMILES string of the molecule is O=C(Nc1ccc([N+](=O)[O-])cc1O)Nc1ccc(Cl)c(Cl)c1Cl. The molecule has 23 heavy (non-hydrogen) atoms. The number of phenols is 1. The lowest BCUT2D eigenvalue weighted by molar-refractivity contribution is -0.384. The first-order valence-electron chi connectivity index (χ1n) is 5.98. The number of hydrogen-bond donors (Lipinski definition) is 3. The minimum atomic E-state index is -0.727. The van der Waals surface area contributed by atoms with Gasteiger partial charge in [0.1, 0.15) is 5.75 Å². The molecule has 2 aromatic rings. The molecule has 0 spiro atoms. The number of nitro benzene ring substituents is 1. The number of urea groups is 1. The van der Waals surface area contributed by atoms with Gasteiger partial charge in [-0.15, -0.1) is 0 Å². The Hall–Kier alpha value is -2.22. The van der Waals surface area contributed by atoms with Gasteiger partial charge in [0.2, 0.25) is 0 Å². The third-order valence-electron chi connectivity index (χ3n) is 2.72. The first-order valence-corrected chi connectivity index (χ1v) is 7.12. The van der Waals surface area contributed by atoms with Crippen LogP contribution in [0.2, 0.25) is 15.1 Å². The molecule has 0 aliphatic heterocycles. The van der Waals surface area contributed by atoms with E-state index in [0.29, 0.717) is 0 Å². The van der Waals surface area contributed by atoms with Gasteiger partial charge in [-0.2, -0.15) is 0 Å². The van der Waals surface area contributed by atoms with Crippen molar-refractivity contribution in [3.8, 4) is 5.75 Å². The number of phenolic OH excluding ortho intramolecular Hbond substituents is 1. The van der Waals surface area contributed by atoms with Gasteiger partial charge in [0.15, 0.2) is 0 Å². The summed E-state index contributed by atoms with van der Waals surface area (Å²) in [7, 11) is 0. The van der Waals surface area contributed by atoms with Gasteiger partial charge in [-0.1, -0.05) is 34.8 Å². The summed E-state index contributed by atoms with van der Waals surface area (Å²) < 4.78 is 0. The maximum atomic E-state index is 11.9. The van der Waals surface area contributed by atoms with Gasteiger partial charge in [-0.05, 0) is 18.2 Å². The number of hydrogen-bond acceptors (Lipinski definition) is 4. The third-order valence-corrected chi connectivity index (χ3v) is 4.02. The molecule has 0 fully saturated rings. The number of aromatic hydroxyl groups is 1. The van der Waals surface area contributed by atoms with E-state index >= 15 is 0 Å². The summed E-state index contributed by atoms with van der Waals surface area (Å²) in [5, 5.41) is 25.4. The van der Waals surface area contributed by atoms with Crippen LogP contribution in [-0.2, 0) is 0 Å². The highest BCUT2D eigenvalue weighted by atomic mass is 35.5. The molecule has 2 aromatic carbocycles. The lowest BCUT2D eigenvalue weighted by Gasteiger charge is -2.11. The summed E-state index contributed by atoms with van der Waals surface area (Å²) in [6.45, 7) is 0. The van der Waals surface area contributed by atoms with Crippen LogP contribution in [0.25, 0.3) is 0 Å². The molecule has 0 aliphatic carbocycles. The van der Waals surface area contributed by atoms with Gasteiger partial charge in [-0.25, -0.2) is 4.79 Å². The van der Waals surface area contributed by atoms with Crippen LogP contribution in [0.5, 0.6) is 5.75 Å². The molecule has 0 saturated carbocycles. The average Bonchev–Trinajstić information content (AvgIpc) is 2.49. The molecule has 7 nitrogen and oxygen atoms in total. The average molecular weight is 377 g/mol. The Balaban J connectivity index is 2.14. The molecule has 2 rings (SSSR count). The second-order valence-corrected chi connectivity index (χ2v) is 5.42. The summed E-state index contributed by atoms with van der Waals surface area (Å²) in [6.07, 6.45) is 0. The third kappa shape index (κ3) is 3.95. The van der Waals surface area contributed by atoms with Gasteiger partial charge in [-0.3, -0.25) is 10.1 Å². The van der Waals surface area contributed by atoms with E-state index in [4.69, 9.17) is 34.8 Å². The number of amides is 2. The smallest absolute Gasteiger partial charge is 0.323 e. The van der Waals surface area contributed by atoms with E-state index < -0.39 is 16.7 Å². The second kappa shape index (κ2) is 6.91. The van der Waals surface area contributed by atoms with Crippen LogP contribution in [0.15, 0.2) is 30.3 Å². The highest BCUT2D eigenvalue weighted by molar-refractivity contribution is 6.49. The topological polar surface area (TPSA) is 104 Å². The van der Waals surface area contributed by atoms with Crippen LogP contribution in [0.4, 0.5) is 21.9 Å². The van der Waals surface area contributed by atoms with Crippen molar-refractivity contribution in [3.05, 3.63) is 55.5 Å². The molecular formula is C13H8Cl3N3O4. The molecule has 0 unspecified atom stereocenters. The predicted octanol–water partition coefficient (Wildman–Crippen LogP) is 4.90. The number of carbonyl (C=O) groups is 1. The molecule has 0 aromatic heterocycles.